The van der Waals surface area contributed by atoms with Crippen molar-refractivity contribution >= 4 is 38.4 Å². The molecule has 0 aliphatic carbocycles. The molecule has 0 saturated heterocycles. The second-order valence-corrected chi connectivity index (χ2v) is 6.50. The maximum atomic E-state index is 13.6. The van der Waals surface area contributed by atoms with E-state index < -0.39 is 11.6 Å². The summed E-state index contributed by atoms with van der Waals surface area (Å²) < 4.78 is 24.2. The number of fused-ring (bicyclic) bond motifs is 3. The lowest BCUT2D eigenvalue weighted by molar-refractivity contribution is 0.0601. The summed E-state index contributed by atoms with van der Waals surface area (Å²) in [6.07, 6.45) is 0. The Labute approximate surface area is 145 Å². The second-order valence-electron chi connectivity index (χ2n) is 5.45. The van der Waals surface area contributed by atoms with E-state index in [4.69, 9.17) is 4.42 Å². The molecule has 0 radical (unpaired) electrons. The average molecular weight is 354 g/mol. The molecule has 2 aromatic carbocycles. The van der Waals surface area contributed by atoms with Crippen LogP contribution in [0.25, 0.3) is 31.5 Å². The Morgan fingerprint density at radius 3 is 2.56 bits per heavy atom. The van der Waals surface area contributed by atoms with E-state index in [1.165, 1.54) is 36.6 Å². The van der Waals surface area contributed by atoms with Gasteiger partial charge in [0.1, 0.15) is 11.4 Å². The molecule has 0 saturated carbocycles. The van der Waals surface area contributed by atoms with Crippen LogP contribution >= 0.6 is 11.3 Å². The third-order valence-corrected chi connectivity index (χ3v) is 5.15. The Balaban J connectivity index is 1.90. The molecule has 0 N–H and O–H groups in total. The van der Waals surface area contributed by atoms with Crippen molar-refractivity contribution in [3.63, 3.8) is 0 Å². The van der Waals surface area contributed by atoms with Gasteiger partial charge < -0.3 is 9.15 Å². The van der Waals surface area contributed by atoms with Crippen molar-refractivity contribution in [2.75, 3.05) is 7.11 Å². The van der Waals surface area contributed by atoms with Gasteiger partial charge in [-0.15, -0.1) is 11.3 Å². The molecule has 0 unspecified atom stereocenters. The first-order valence-corrected chi connectivity index (χ1v) is 8.23. The minimum absolute atomic E-state index is 0.355. The van der Waals surface area contributed by atoms with Crippen molar-refractivity contribution in [1.82, 2.24) is 0 Å². The van der Waals surface area contributed by atoms with Gasteiger partial charge in [0.15, 0.2) is 0 Å². The van der Waals surface area contributed by atoms with Crippen LogP contribution in [0.3, 0.4) is 0 Å². The smallest absolute Gasteiger partial charge is 0.345 e. The first-order chi connectivity index (χ1) is 12.1. The lowest BCUT2D eigenvalue weighted by Gasteiger charge is -2.00. The van der Waals surface area contributed by atoms with Crippen molar-refractivity contribution in [3.8, 4) is 10.4 Å². The van der Waals surface area contributed by atoms with E-state index in [1.54, 1.807) is 30.3 Å². The van der Waals surface area contributed by atoms with E-state index >= 15 is 0 Å². The molecule has 0 fully saturated rings. The summed E-state index contributed by atoms with van der Waals surface area (Å²) in [5, 5.41) is 0.979. The SMILES string of the molecule is COC(=O)c1ccc(-c2cc3c(=O)oc4ccc(F)cc4c3s2)cc1. The fourth-order valence-electron chi connectivity index (χ4n) is 2.70. The van der Waals surface area contributed by atoms with Crippen LogP contribution in [0, 0.1) is 5.82 Å². The number of carbonyl (C=O) groups excluding carboxylic acids is 1. The van der Waals surface area contributed by atoms with E-state index in [0.717, 1.165) is 10.4 Å². The maximum absolute atomic E-state index is 13.6. The summed E-state index contributed by atoms with van der Waals surface area (Å²) in [6, 6.07) is 12.7. The molecule has 0 spiro atoms. The zero-order valence-corrected chi connectivity index (χ0v) is 13.9. The first kappa shape index (κ1) is 15.5. The molecule has 2 heterocycles. The number of halogens is 1. The Kier molecular flexibility index (Phi) is 3.62. The van der Waals surface area contributed by atoms with Gasteiger partial charge >= 0.3 is 11.6 Å². The Hall–Kier alpha value is -2.99. The third-order valence-electron chi connectivity index (χ3n) is 3.93. The highest BCUT2D eigenvalue weighted by atomic mass is 32.1. The molecule has 124 valence electrons. The molecule has 0 aliphatic rings. The molecule has 4 nitrogen and oxygen atoms in total. The number of hydrogen-bond donors (Lipinski definition) is 0. The van der Waals surface area contributed by atoms with Crippen molar-refractivity contribution in [2.45, 2.75) is 0 Å². The molecule has 0 atom stereocenters. The Morgan fingerprint density at radius 2 is 1.84 bits per heavy atom. The zero-order valence-electron chi connectivity index (χ0n) is 13.0. The van der Waals surface area contributed by atoms with Crippen molar-refractivity contribution in [2.24, 2.45) is 0 Å². The third kappa shape index (κ3) is 2.60. The van der Waals surface area contributed by atoms with Crippen LogP contribution in [0.15, 0.2) is 57.7 Å². The molecule has 4 aromatic rings. The normalized spacial score (nSPS) is 11.1. The van der Waals surface area contributed by atoms with Crippen LogP contribution in [0.1, 0.15) is 10.4 Å². The average Bonchev–Trinajstić information content (AvgIpc) is 3.08. The Morgan fingerprint density at radius 1 is 1.08 bits per heavy atom. The first-order valence-electron chi connectivity index (χ1n) is 7.41. The van der Waals surface area contributed by atoms with Gasteiger partial charge in [0, 0.05) is 10.3 Å². The van der Waals surface area contributed by atoms with E-state index in [-0.39, 0.29) is 5.82 Å². The number of rotatable bonds is 2. The van der Waals surface area contributed by atoms with Crippen molar-refractivity contribution < 1.29 is 18.3 Å². The van der Waals surface area contributed by atoms with Crippen LogP contribution in [0.4, 0.5) is 4.39 Å². The van der Waals surface area contributed by atoms with Crippen LogP contribution in [-0.2, 0) is 4.74 Å². The van der Waals surface area contributed by atoms with Gasteiger partial charge in [0.05, 0.1) is 22.8 Å². The minimum Gasteiger partial charge on any atom is -0.465 e. The van der Waals surface area contributed by atoms with E-state index in [0.29, 0.717) is 26.6 Å². The molecule has 6 heteroatoms. The number of methoxy groups -OCH3 is 1. The van der Waals surface area contributed by atoms with Crippen LogP contribution < -0.4 is 5.63 Å². The second kappa shape index (κ2) is 5.82. The number of benzene rings is 2. The quantitative estimate of drug-likeness (QED) is 0.390. The highest BCUT2D eigenvalue weighted by molar-refractivity contribution is 7.23. The van der Waals surface area contributed by atoms with E-state index in [1.807, 2.05) is 0 Å². The molecule has 2 aromatic heterocycles. The van der Waals surface area contributed by atoms with Gasteiger partial charge in [-0.3, -0.25) is 0 Å². The summed E-state index contributed by atoms with van der Waals surface area (Å²) in [5.41, 5.74) is 1.19. The summed E-state index contributed by atoms with van der Waals surface area (Å²) >= 11 is 1.38. The van der Waals surface area contributed by atoms with Crippen LogP contribution in [0.2, 0.25) is 0 Å². The molecular weight excluding hydrogens is 343 g/mol. The molecule has 4 rings (SSSR count). The largest absolute Gasteiger partial charge is 0.465 e. The number of hydrogen-bond acceptors (Lipinski definition) is 5. The van der Waals surface area contributed by atoms with Gasteiger partial charge in [-0.25, -0.2) is 14.0 Å². The number of ether oxygens (including phenoxy) is 1. The van der Waals surface area contributed by atoms with Gasteiger partial charge in [0.25, 0.3) is 0 Å². The monoisotopic (exact) mass is 354 g/mol. The Bertz CT molecular complexity index is 1170. The van der Waals surface area contributed by atoms with Crippen LogP contribution in [0.5, 0.6) is 0 Å². The molecular formula is C19H11FO4S. The number of esters is 1. The summed E-state index contributed by atoms with van der Waals surface area (Å²) in [5.74, 6) is -0.801. The van der Waals surface area contributed by atoms with Crippen molar-refractivity contribution in [1.29, 1.82) is 0 Å². The minimum atomic E-state index is -0.456. The summed E-state index contributed by atoms with van der Waals surface area (Å²) in [6.45, 7) is 0. The number of carbonyl (C=O) groups is 1. The molecule has 25 heavy (non-hydrogen) atoms. The topological polar surface area (TPSA) is 56.5 Å². The van der Waals surface area contributed by atoms with Crippen LogP contribution in [-0.4, -0.2) is 13.1 Å². The lowest BCUT2D eigenvalue weighted by Crippen LogP contribution is -2.00. The highest BCUT2D eigenvalue weighted by Gasteiger charge is 2.14. The summed E-state index contributed by atoms with van der Waals surface area (Å²) in [7, 11) is 1.33. The van der Waals surface area contributed by atoms with Crippen molar-refractivity contribution in [3.05, 3.63) is 70.3 Å². The molecule has 0 amide bonds. The molecule has 0 aliphatic heterocycles. The van der Waals surface area contributed by atoms with E-state index in [9.17, 15) is 14.0 Å². The summed E-state index contributed by atoms with van der Waals surface area (Å²) in [4.78, 5) is 24.5. The fraction of sp³-hybridized carbons (Fsp3) is 0.0526. The maximum Gasteiger partial charge on any atom is 0.345 e. The van der Waals surface area contributed by atoms with E-state index in [2.05, 4.69) is 4.74 Å². The predicted molar refractivity (Wildman–Crippen MR) is 94.6 cm³/mol. The zero-order chi connectivity index (χ0) is 17.6. The number of thiophene rings is 1. The van der Waals surface area contributed by atoms with Gasteiger partial charge in [0.2, 0.25) is 0 Å². The standard InChI is InChI=1S/C19H11FO4S/c1-23-18(21)11-4-2-10(3-5-11)16-9-14-17(25-16)13-8-12(20)6-7-15(13)24-19(14)22/h2-9H,1H3. The predicted octanol–water partition coefficient (Wildman–Crippen LogP) is 4.60. The van der Waals surface area contributed by atoms with Gasteiger partial charge in [-0.1, -0.05) is 12.1 Å². The van der Waals surface area contributed by atoms with Gasteiger partial charge in [-0.05, 0) is 42.0 Å². The highest BCUT2D eigenvalue weighted by Crippen LogP contribution is 2.36. The molecule has 0 bridgehead atoms. The van der Waals surface area contributed by atoms with Gasteiger partial charge in [-0.2, -0.15) is 0 Å². The lowest BCUT2D eigenvalue weighted by atomic mass is 10.1. The fourth-order valence-corrected chi connectivity index (χ4v) is 3.87.